The monoisotopic (exact) mass is 223 g/mol. The summed E-state index contributed by atoms with van der Waals surface area (Å²) in [7, 11) is 0. The van der Waals surface area contributed by atoms with E-state index in [0.717, 1.165) is 6.07 Å². The van der Waals surface area contributed by atoms with Crippen LogP contribution < -0.4 is 4.74 Å². The lowest BCUT2D eigenvalue weighted by atomic mass is 10.2. The summed E-state index contributed by atoms with van der Waals surface area (Å²) in [6, 6.07) is 0.976. The Morgan fingerprint density at radius 3 is 2.53 bits per heavy atom. The lowest BCUT2D eigenvalue weighted by molar-refractivity contribution is -0.276. The fourth-order valence-corrected chi connectivity index (χ4v) is 0.924. The predicted octanol–water partition coefficient (Wildman–Crippen LogP) is 1.49. The minimum Gasteiger partial charge on any atom is -0.506 e. The van der Waals surface area contributed by atoms with E-state index in [1.165, 1.54) is 6.92 Å². The van der Waals surface area contributed by atoms with Gasteiger partial charge in [0.15, 0.2) is 0 Å². The molecule has 0 fully saturated rings. The number of aromatic hydroxyl groups is 1. The highest BCUT2D eigenvalue weighted by atomic mass is 19.4. The molecule has 0 spiro atoms. The summed E-state index contributed by atoms with van der Waals surface area (Å²) in [4.78, 5) is 3.38. The van der Waals surface area contributed by atoms with Crippen molar-refractivity contribution < 1.29 is 28.1 Å². The molecule has 1 aromatic rings. The van der Waals surface area contributed by atoms with Gasteiger partial charge in [-0.2, -0.15) is 0 Å². The van der Waals surface area contributed by atoms with E-state index >= 15 is 0 Å². The second-order valence-electron chi connectivity index (χ2n) is 2.76. The molecule has 0 aliphatic carbocycles. The number of aromatic nitrogens is 1. The number of hydrogen-bond acceptors (Lipinski definition) is 4. The number of hydrogen-bond donors (Lipinski definition) is 2. The molecule has 0 saturated carbocycles. The molecule has 0 saturated heterocycles. The van der Waals surface area contributed by atoms with Gasteiger partial charge in [0.05, 0.1) is 12.3 Å². The minimum atomic E-state index is -4.87. The molecule has 1 rings (SSSR count). The molecule has 1 heterocycles. The molecule has 0 atom stereocenters. The Labute approximate surface area is 82.9 Å². The topological polar surface area (TPSA) is 62.6 Å². The molecule has 0 aliphatic rings. The number of halogens is 3. The summed E-state index contributed by atoms with van der Waals surface area (Å²) in [6.45, 7) is 0.617. The van der Waals surface area contributed by atoms with Crippen molar-refractivity contribution in [2.24, 2.45) is 0 Å². The van der Waals surface area contributed by atoms with Crippen LogP contribution >= 0.6 is 0 Å². The third-order valence-corrected chi connectivity index (χ3v) is 1.61. The third kappa shape index (κ3) is 2.98. The Balaban J connectivity index is 3.11. The van der Waals surface area contributed by atoms with Crippen LogP contribution in [0.2, 0.25) is 0 Å². The summed E-state index contributed by atoms with van der Waals surface area (Å²) in [6.07, 6.45) is -4.87. The van der Waals surface area contributed by atoms with Crippen LogP contribution in [0.3, 0.4) is 0 Å². The van der Waals surface area contributed by atoms with Crippen LogP contribution in [0.15, 0.2) is 6.07 Å². The van der Waals surface area contributed by atoms with Gasteiger partial charge in [-0.05, 0) is 13.0 Å². The maximum atomic E-state index is 11.9. The zero-order valence-electron chi connectivity index (χ0n) is 7.67. The van der Waals surface area contributed by atoms with E-state index in [1.54, 1.807) is 0 Å². The van der Waals surface area contributed by atoms with Crippen LogP contribution in [-0.2, 0) is 6.61 Å². The van der Waals surface area contributed by atoms with Crippen molar-refractivity contribution in [1.29, 1.82) is 0 Å². The highest BCUT2D eigenvalue weighted by molar-refractivity contribution is 5.36. The first-order valence-electron chi connectivity index (χ1n) is 3.89. The van der Waals surface area contributed by atoms with Gasteiger partial charge in [0, 0.05) is 5.56 Å². The van der Waals surface area contributed by atoms with E-state index in [0.29, 0.717) is 0 Å². The second kappa shape index (κ2) is 3.93. The van der Waals surface area contributed by atoms with E-state index in [4.69, 9.17) is 10.2 Å². The van der Waals surface area contributed by atoms with E-state index in [1.807, 2.05) is 0 Å². The number of rotatable bonds is 2. The number of pyridine rings is 1. The van der Waals surface area contributed by atoms with Crippen molar-refractivity contribution in [3.63, 3.8) is 0 Å². The average Bonchev–Trinajstić information content (AvgIpc) is 2.08. The standard InChI is InChI=1S/C8H8F3NO3/c1-4-6(14)2-5(3-13)7(12-4)15-8(9,10)11/h2,13-14H,3H2,1H3. The van der Waals surface area contributed by atoms with Crippen LogP contribution in [0, 0.1) is 6.92 Å². The van der Waals surface area contributed by atoms with E-state index in [2.05, 4.69) is 9.72 Å². The SMILES string of the molecule is Cc1nc(OC(F)(F)F)c(CO)cc1O. The Morgan fingerprint density at radius 2 is 2.07 bits per heavy atom. The maximum absolute atomic E-state index is 11.9. The molecular weight excluding hydrogens is 215 g/mol. The molecule has 7 heteroatoms. The van der Waals surface area contributed by atoms with Crippen molar-refractivity contribution >= 4 is 0 Å². The first-order chi connectivity index (χ1) is 6.83. The van der Waals surface area contributed by atoms with Crippen molar-refractivity contribution in [2.75, 3.05) is 0 Å². The summed E-state index contributed by atoms with van der Waals surface area (Å²) in [5.74, 6) is -1.05. The van der Waals surface area contributed by atoms with E-state index in [-0.39, 0.29) is 17.0 Å². The van der Waals surface area contributed by atoms with Gasteiger partial charge in [-0.3, -0.25) is 0 Å². The molecular formula is C8H8F3NO3. The number of aryl methyl sites for hydroxylation is 1. The minimum absolute atomic E-state index is 0.00792. The van der Waals surface area contributed by atoms with Crippen LogP contribution in [0.1, 0.15) is 11.3 Å². The summed E-state index contributed by atoms with van der Waals surface area (Å²) >= 11 is 0. The molecule has 0 unspecified atom stereocenters. The molecule has 0 amide bonds. The van der Waals surface area contributed by atoms with Crippen molar-refractivity contribution in [2.45, 2.75) is 19.9 Å². The average molecular weight is 223 g/mol. The van der Waals surface area contributed by atoms with Gasteiger partial charge in [0.25, 0.3) is 0 Å². The lowest BCUT2D eigenvalue weighted by Gasteiger charge is -2.12. The summed E-state index contributed by atoms with van der Waals surface area (Å²) in [5.41, 5.74) is -0.234. The van der Waals surface area contributed by atoms with Gasteiger partial charge in [-0.25, -0.2) is 4.98 Å². The molecule has 0 bridgehead atoms. The smallest absolute Gasteiger partial charge is 0.506 e. The first kappa shape index (κ1) is 11.6. The van der Waals surface area contributed by atoms with E-state index in [9.17, 15) is 13.2 Å². The quantitative estimate of drug-likeness (QED) is 0.797. The highest BCUT2D eigenvalue weighted by Gasteiger charge is 2.33. The number of ether oxygens (including phenoxy) is 1. The van der Waals surface area contributed by atoms with Crippen molar-refractivity contribution in [1.82, 2.24) is 4.98 Å². The van der Waals surface area contributed by atoms with Crippen molar-refractivity contribution in [3.8, 4) is 11.6 Å². The molecule has 15 heavy (non-hydrogen) atoms. The zero-order valence-corrected chi connectivity index (χ0v) is 7.67. The van der Waals surface area contributed by atoms with E-state index < -0.39 is 18.8 Å². The normalized spacial score (nSPS) is 11.5. The highest BCUT2D eigenvalue weighted by Crippen LogP contribution is 2.28. The Hall–Kier alpha value is -1.50. The van der Waals surface area contributed by atoms with Gasteiger partial charge in [-0.15, -0.1) is 13.2 Å². The van der Waals surface area contributed by atoms with Crippen LogP contribution in [0.25, 0.3) is 0 Å². The molecule has 0 aromatic carbocycles. The Kier molecular flexibility index (Phi) is 3.04. The molecule has 1 aromatic heterocycles. The molecule has 2 N–H and O–H groups in total. The number of aliphatic hydroxyl groups excluding tert-OH is 1. The van der Waals surface area contributed by atoms with Gasteiger partial charge >= 0.3 is 6.36 Å². The Bertz CT molecular complexity index is 365. The van der Waals surface area contributed by atoms with Crippen LogP contribution in [-0.4, -0.2) is 21.6 Å². The van der Waals surface area contributed by atoms with Crippen molar-refractivity contribution in [3.05, 3.63) is 17.3 Å². The van der Waals surface area contributed by atoms with Crippen LogP contribution in [0.5, 0.6) is 11.6 Å². The zero-order chi connectivity index (χ0) is 11.6. The van der Waals surface area contributed by atoms with Gasteiger partial charge < -0.3 is 14.9 Å². The predicted molar refractivity (Wildman–Crippen MR) is 43.2 cm³/mol. The summed E-state index contributed by atoms with van der Waals surface area (Å²) < 4.78 is 39.2. The molecule has 84 valence electrons. The van der Waals surface area contributed by atoms with Gasteiger partial charge in [-0.1, -0.05) is 0 Å². The lowest BCUT2D eigenvalue weighted by Crippen LogP contribution is -2.19. The van der Waals surface area contributed by atoms with Gasteiger partial charge in [0.1, 0.15) is 5.75 Å². The maximum Gasteiger partial charge on any atom is 0.574 e. The second-order valence-corrected chi connectivity index (χ2v) is 2.76. The summed E-state index contributed by atoms with van der Waals surface area (Å²) in [5, 5.41) is 17.9. The molecule has 4 nitrogen and oxygen atoms in total. The fourth-order valence-electron chi connectivity index (χ4n) is 0.924. The molecule has 0 radical (unpaired) electrons. The first-order valence-corrected chi connectivity index (χ1v) is 3.89. The van der Waals surface area contributed by atoms with Gasteiger partial charge in [0.2, 0.25) is 5.88 Å². The fraction of sp³-hybridized carbons (Fsp3) is 0.375. The molecule has 0 aliphatic heterocycles. The number of alkyl halides is 3. The number of aliphatic hydroxyl groups is 1. The Morgan fingerprint density at radius 1 is 1.47 bits per heavy atom. The van der Waals surface area contributed by atoms with Crippen LogP contribution in [0.4, 0.5) is 13.2 Å². The number of nitrogens with zero attached hydrogens (tertiary/aromatic N) is 1. The third-order valence-electron chi connectivity index (χ3n) is 1.61. The largest absolute Gasteiger partial charge is 0.574 e.